The van der Waals surface area contributed by atoms with Crippen LogP contribution in [0.3, 0.4) is 0 Å². The van der Waals surface area contributed by atoms with Crippen LogP contribution >= 0.6 is 0 Å². The summed E-state index contributed by atoms with van der Waals surface area (Å²) in [5.74, 6) is 0.501. The molecular weight excluding hydrogens is 286 g/mol. The smallest absolute Gasteiger partial charge is 0.274 e. The molecule has 1 saturated carbocycles. The summed E-state index contributed by atoms with van der Waals surface area (Å²) >= 11 is 0. The zero-order chi connectivity index (χ0) is 16.4. The van der Waals surface area contributed by atoms with E-state index in [4.69, 9.17) is 0 Å². The SMILES string of the molecule is Cc1cnc(C(=O)N(Cc2ccc(C(C)C)cc2)C2CC2)cn1. The minimum Gasteiger partial charge on any atom is -0.330 e. The largest absolute Gasteiger partial charge is 0.330 e. The number of carbonyl (C=O) groups is 1. The molecule has 4 heteroatoms. The standard InChI is InChI=1S/C19H23N3O/c1-13(2)16-6-4-15(5-7-16)12-22(17-8-9-17)19(23)18-11-20-14(3)10-21-18/h4-7,10-11,13,17H,8-9,12H2,1-3H3. The lowest BCUT2D eigenvalue weighted by Crippen LogP contribution is -2.33. The van der Waals surface area contributed by atoms with Crippen LogP contribution in [-0.4, -0.2) is 26.8 Å². The van der Waals surface area contributed by atoms with Gasteiger partial charge in [-0.3, -0.25) is 9.78 Å². The van der Waals surface area contributed by atoms with E-state index in [0.717, 1.165) is 24.1 Å². The molecule has 1 fully saturated rings. The molecule has 1 aromatic carbocycles. The molecule has 1 heterocycles. The van der Waals surface area contributed by atoms with Gasteiger partial charge in [0.15, 0.2) is 0 Å². The predicted octanol–water partition coefficient (Wildman–Crippen LogP) is 3.71. The lowest BCUT2D eigenvalue weighted by atomic mass is 10.0. The van der Waals surface area contributed by atoms with Gasteiger partial charge in [-0.1, -0.05) is 38.1 Å². The predicted molar refractivity (Wildman–Crippen MR) is 90.2 cm³/mol. The van der Waals surface area contributed by atoms with Crippen LogP contribution < -0.4 is 0 Å². The monoisotopic (exact) mass is 309 g/mol. The fourth-order valence-electron chi connectivity index (χ4n) is 2.61. The van der Waals surface area contributed by atoms with E-state index in [2.05, 4.69) is 48.1 Å². The van der Waals surface area contributed by atoms with Crippen molar-refractivity contribution in [3.05, 3.63) is 59.2 Å². The van der Waals surface area contributed by atoms with Crippen molar-refractivity contribution < 1.29 is 4.79 Å². The van der Waals surface area contributed by atoms with Crippen molar-refractivity contribution in [2.75, 3.05) is 0 Å². The van der Waals surface area contributed by atoms with Gasteiger partial charge in [-0.05, 0) is 36.8 Å². The van der Waals surface area contributed by atoms with Crippen molar-refractivity contribution in [3.8, 4) is 0 Å². The van der Waals surface area contributed by atoms with Crippen molar-refractivity contribution in [1.29, 1.82) is 0 Å². The molecule has 1 aliphatic carbocycles. The first-order chi connectivity index (χ1) is 11.0. The Balaban J connectivity index is 1.76. The minimum atomic E-state index is -0.0204. The van der Waals surface area contributed by atoms with Crippen LogP contribution in [0.2, 0.25) is 0 Å². The molecule has 0 atom stereocenters. The van der Waals surface area contributed by atoms with Crippen LogP contribution in [0.15, 0.2) is 36.7 Å². The number of aromatic nitrogens is 2. The Morgan fingerprint density at radius 3 is 2.39 bits per heavy atom. The highest BCUT2D eigenvalue weighted by Crippen LogP contribution is 2.29. The van der Waals surface area contributed by atoms with E-state index in [1.54, 1.807) is 12.4 Å². The Morgan fingerprint density at radius 2 is 1.87 bits per heavy atom. The Morgan fingerprint density at radius 1 is 1.17 bits per heavy atom. The van der Waals surface area contributed by atoms with Crippen LogP contribution in [-0.2, 0) is 6.54 Å². The number of rotatable bonds is 5. The Kier molecular flexibility index (Phi) is 4.42. The second-order valence-corrected chi connectivity index (χ2v) is 6.60. The van der Waals surface area contributed by atoms with E-state index in [-0.39, 0.29) is 5.91 Å². The second-order valence-electron chi connectivity index (χ2n) is 6.60. The molecule has 1 aliphatic rings. The molecule has 0 N–H and O–H groups in total. The third-order valence-corrected chi connectivity index (χ3v) is 4.25. The Labute approximate surface area is 137 Å². The quantitative estimate of drug-likeness (QED) is 0.845. The second kappa shape index (κ2) is 6.49. The van der Waals surface area contributed by atoms with Gasteiger partial charge in [0.2, 0.25) is 0 Å². The topological polar surface area (TPSA) is 46.1 Å². The first kappa shape index (κ1) is 15.7. The average Bonchev–Trinajstić information content (AvgIpc) is 3.38. The number of nitrogens with zero attached hydrogens (tertiary/aromatic N) is 3. The maximum absolute atomic E-state index is 12.7. The molecule has 0 unspecified atom stereocenters. The van der Waals surface area contributed by atoms with E-state index in [0.29, 0.717) is 24.2 Å². The molecular formula is C19H23N3O. The summed E-state index contributed by atoms with van der Waals surface area (Å²) in [6.07, 6.45) is 5.38. The molecule has 0 radical (unpaired) electrons. The maximum Gasteiger partial charge on any atom is 0.274 e. The molecule has 3 rings (SSSR count). The van der Waals surface area contributed by atoms with Gasteiger partial charge < -0.3 is 4.90 Å². The Hall–Kier alpha value is -2.23. The van der Waals surface area contributed by atoms with Crippen LogP contribution in [0.4, 0.5) is 0 Å². The van der Waals surface area contributed by atoms with E-state index < -0.39 is 0 Å². The maximum atomic E-state index is 12.7. The first-order valence-electron chi connectivity index (χ1n) is 8.23. The van der Waals surface area contributed by atoms with Gasteiger partial charge >= 0.3 is 0 Å². The van der Waals surface area contributed by atoms with E-state index >= 15 is 0 Å². The third kappa shape index (κ3) is 3.76. The van der Waals surface area contributed by atoms with Crippen molar-refractivity contribution in [3.63, 3.8) is 0 Å². The average molecular weight is 309 g/mol. The number of benzene rings is 1. The highest BCUT2D eigenvalue weighted by Gasteiger charge is 2.33. The number of amides is 1. The zero-order valence-corrected chi connectivity index (χ0v) is 14.0. The fraction of sp³-hybridized carbons (Fsp3) is 0.421. The molecule has 4 nitrogen and oxygen atoms in total. The van der Waals surface area contributed by atoms with Crippen LogP contribution in [0.5, 0.6) is 0 Å². The molecule has 0 bridgehead atoms. The summed E-state index contributed by atoms with van der Waals surface area (Å²) in [6.45, 7) is 6.88. The number of hydrogen-bond acceptors (Lipinski definition) is 3. The minimum absolute atomic E-state index is 0.0204. The summed E-state index contributed by atoms with van der Waals surface area (Å²) in [4.78, 5) is 23.1. The van der Waals surface area contributed by atoms with Gasteiger partial charge in [-0.2, -0.15) is 0 Å². The van der Waals surface area contributed by atoms with Gasteiger partial charge in [0, 0.05) is 18.8 Å². The summed E-state index contributed by atoms with van der Waals surface area (Å²) < 4.78 is 0. The van der Waals surface area contributed by atoms with E-state index in [9.17, 15) is 4.79 Å². The van der Waals surface area contributed by atoms with Gasteiger partial charge in [0.1, 0.15) is 5.69 Å². The van der Waals surface area contributed by atoms with Gasteiger partial charge in [0.25, 0.3) is 5.91 Å². The fourth-order valence-corrected chi connectivity index (χ4v) is 2.61. The van der Waals surface area contributed by atoms with Crippen molar-refractivity contribution in [1.82, 2.24) is 14.9 Å². The summed E-state index contributed by atoms with van der Waals surface area (Å²) in [5.41, 5.74) is 3.74. The molecule has 120 valence electrons. The Bertz CT molecular complexity index is 673. The number of hydrogen-bond donors (Lipinski definition) is 0. The molecule has 0 spiro atoms. The molecule has 0 aliphatic heterocycles. The highest BCUT2D eigenvalue weighted by molar-refractivity contribution is 5.92. The number of carbonyl (C=O) groups excluding carboxylic acids is 1. The summed E-state index contributed by atoms with van der Waals surface area (Å²) in [7, 11) is 0. The van der Waals surface area contributed by atoms with Gasteiger partial charge in [-0.15, -0.1) is 0 Å². The summed E-state index contributed by atoms with van der Waals surface area (Å²) in [6, 6.07) is 8.90. The van der Waals surface area contributed by atoms with E-state index in [1.165, 1.54) is 5.56 Å². The highest BCUT2D eigenvalue weighted by atomic mass is 16.2. The number of aryl methyl sites for hydroxylation is 1. The molecule has 0 saturated heterocycles. The lowest BCUT2D eigenvalue weighted by molar-refractivity contribution is 0.0723. The molecule has 1 amide bonds. The van der Waals surface area contributed by atoms with Gasteiger partial charge in [-0.25, -0.2) is 4.98 Å². The third-order valence-electron chi connectivity index (χ3n) is 4.25. The zero-order valence-electron chi connectivity index (χ0n) is 14.0. The molecule has 23 heavy (non-hydrogen) atoms. The normalized spacial score (nSPS) is 14.1. The van der Waals surface area contributed by atoms with Crippen LogP contribution in [0.1, 0.15) is 59.9 Å². The summed E-state index contributed by atoms with van der Waals surface area (Å²) in [5, 5.41) is 0. The molecule has 1 aromatic heterocycles. The van der Waals surface area contributed by atoms with E-state index in [1.807, 2.05) is 11.8 Å². The van der Waals surface area contributed by atoms with Crippen molar-refractivity contribution >= 4 is 5.91 Å². The van der Waals surface area contributed by atoms with Crippen molar-refractivity contribution in [2.45, 2.75) is 52.1 Å². The molecule has 2 aromatic rings. The van der Waals surface area contributed by atoms with Crippen molar-refractivity contribution in [2.24, 2.45) is 0 Å². The lowest BCUT2D eigenvalue weighted by Gasteiger charge is -2.22. The van der Waals surface area contributed by atoms with Crippen LogP contribution in [0, 0.1) is 6.92 Å². The first-order valence-corrected chi connectivity index (χ1v) is 8.23. The van der Waals surface area contributed by atoms with Gasteiger partial charge in [0.05, 0.1) is 11.9 Å². The van der Waals surface area contributed by atoms with Crippen LogP contribution in [0.25, 0.3) is 0 Å².